The number of amides is 3. The maximum absolute atomic E-state index is 13.9. The molecule has 1 saturated heterocycles. The van der Waals surface area contributed by atoms with Crippen molar-refractivity contribution in [1.29, 1.82) is 0 Å². The summed E-state index contributed by atoms with van der Waals surface area (Å²) in [4.78, 5) is 53.1. The lowest BCUT2D eigenvalue weighted by molar-refractivity contribution is -0.133. The molecular formula is C28H23ClN4O5S. The van der Waals surface area contributed by atoms with Gasteiger partial charge in [-0.05, 0) is 42.0 Å². The number of rotatable bonds is 5. The summed E-state index contributed by atoms with van der Waals surface area (Å²) in [5, 5.41) is 6.60. The first-order chi connectivity index (χ1) is 18.8. The molecule has 4 aromatic rings. The largest absolute Gasteiger partial charge is 0.436 e. The van der Waals surface area contributed by atoms with Crippen LogP contribution < -0.4 is 16.2 Å². The quantitative estimate of drug-likeness (QED) is 0.335. The van der Waals surface area contributed by atoms with Gasteiger partial charge in [-0.1, -0.05) is 53.5 Å². The fraction of sp³-hybridized carbons (Fsp3) is 0.214. The number of hydrogen-bond acceptors (Lipinski definition) is 6. The molecule has 3 N–H and O–H groups in total. The van der Waals surface area contributed by atoms with E-state index in [9.17, 15) is 19.2 Å². The first-order valence-electron chi connectivity index (χ1n) is 12.4. The standard InChI is InChI=1S/C28H23ClN4O5S/c29-18-7-9-21-20(14-18)28(38-27(37)31-21)10-11-33(15-28)26(36)22(12-16-4-2-1-3-5-16)30-24(34)17-6-8-19-23(13-17)39-32-25(19)35/h1-9,13-14,22H,10-12,15H2,(H,30,34)(H,31,37)(H,32,35)/t22-,28?/m0/s1. The van der Waals surface area contributed by atoms with Gasteiger partial charge in [-0.25, -0.2) is 4.79 Å². The van der Waals surface area contributed by atoms with Gasteiger partial charge in [0, 0.05) is 35.5 Å². The van der Waals surface area contributed by atoms with E-state index in [0.29, 0.717) is 44.9 Å². The van der Waals surface area contributed by atoms with E-state index >= 15 is 0 Å². The fourth-order valence-electron chi connectivity index (χ4n) is 5.25. The van der Waals surface area contributed by atoms with Gasteiger partial charge in [-0.3, -0.25) is 24.1 Å². The number of carbonyl (C=O) groups excluding carboxylic acids is 3. The van der Waals surface area contributed by atoms with Gasteiger partial charge >= 0.3 is 6.09 Å². The zero-order valence-corrected chi connectivity index (χ0v) is 22.1. The number of aromatic amines is 1. The number of aromatic nitrogens is 1. The third kappa shape index (κ3) is 4.77. The minimum Gasteiger partial charge on any atom is -0.436 e. The maximum atomic E-state index is 13.9. The van der Waals surface area contributed by atoms with Gasteiger partial charge in [0.2, 0.25) is 5.91 Å². The molecule has 0 bridgehead atoms. The molecule has 0 saturated carbocycles. The lowest BCUT2D eigenvalue weighted by Crippen LogP contribution is -2.50. The number of ether oxygens (including phenoxy) is 1. The summed E-state index contributed by atoms with van der Waals surface area (Å²) in [5.74, 6) is -0.707. The van der Waals surface area contributed by atoms with E-state index in [1.165, 1.54) is 0 Å². The average Bonchev–Trinajstić information content (AvgIpc) is 3.52. The molecule has 1 unspecified atom stereocenters. The Hall–Kier alpha value is -4.15. The molecule has 1 fully saturated rings. The van der Waals surface area contributed by atoms with Crippen molar-refractivity contribution in [3.8, 4) is 0 Å². The first kappa shape index (κ1) is 25.1. The first-order valence-corrected chi connectivity index (χ1v) is 13.6. The van der Waals surface area contributed by atoms with E-state index in [4.69, 9.17) is 16.3 Å². The topological polar surface area (TPSA) is 121 Å². The van der Waals surface area contributed by atoms with E-state index in [-0.39, 0.29) is 24.4 Å². The number of benzene rings is 3. The van der Waals surface area contributed by atoms with Crippen LogP contribution in [0.2, 0.25) is 5.02 Å². The number of hydrogen-bond donors (Lipinski definition) is 3. The molecule has 0 aliphatic carbocycles. The Morgan fingerprint density at radius 1 is 1.10 bits per heavy atom. The average molecular weight is 563 g/mol. The number of H-pyrrole nitrogens is 1. The van der Waals surface area contributed by atoms with Crippen molar-refractivity contribution in [2.24, 2.45) is 0 Å². The highest BCUT2D eigenvalue weighted by Gasteiger charge is 2.49. The number of likely N-dealkylation sites (tertiary alicyclic amines) is 1. The predicted octanol–water partition coefficient (Wildman–Crippen LogP) is 4.27. The van der Waals surface area contributed by atoms with Crippen molar-refractivity contribution in [3.63, 3.8) is 0 Å². The van der Waals surface area contributed by atoms with Gasteiger partial charge in [0.05, 0.1) is 22.3 Å². The minimum atomic E-state index is -1.03. The summed E-state index contributed by atoms with van der Waals surface area (Å²) in [7, 11) is 0. The van der Waals surface area contributed by atoms with Crippen LogP contribution in [0.3, 0.4) is 0 Å². The van der Waals surface area contributed by atoms with Crippen LogP contribution in [0.1, 0.15) is 27.9 Å². The summed E-state index contributed by atoms with van der Waals surface area (Å²) < 4.78 is 9.09. The molecule has 2 atom stereocenters. The molecule has 0 radical (unpaired) electrons. The molecule has 9 nitrogen and oxygen atoms in total. The van der Waals surface area contributed by atoms with Crippen LogP contribution in [-0.2, 0) is 21.6 Å². The van der Waals surface area contributed by atoms with Crippen LogP contribution in [0.5, 0.6) is 0 Å². The van der Waals surface area contributed by atoms with E-state index in [2.05, 4.69) is 15.0 Å². The predicted molar refractivity (Wildman–Crippen MR) is 148 cm³/mol. The Morgan fingerprint density at radius 3 is 2.74 bits per heavy atom. The molecule has 198 valence electrons. The Morgan fingerprint density at radius 2 is 1.92 bits per heavy atom. The van der Waals surface area contributed by atoms with Crippen LogP contribution in [0, 0.1) is 0 Å². The van der Waals surface area contributed by atoms with Crippen molar-refractivity contribution in [2.45, 2.75) is 24.5 Å². The molecule has 39 heavy (non-hydrogen) atoms. The van der Waals surface area contributed by atoms with Gasteiger partial charge in [-0.2, -0.15) is 0 Å². The Bertz CT molecular complexity index is 1670. The monoisotopic (exact) mass is 562 g/mol. The lowest BCUT2D eigenvalue weighted by atomic mass is 9.90. The van der Waals surface area contributed by atoms with Crippen molar-refractivity contribution in [3.05, 3.63) is 98.8 Å². The number of nitrogens with one attached hydrogen (secondary N) is 3. The highest BCUT2D eigenvalue weighted by Crippen LogP contribution is 2.43. The minimum absolute atomic E-state index is 0.136. The molecule has 2 aliphatic rings. The smallest absolute Gasteiger partial charge is 0.412 e. The number of fused-ring (bicyclic) bond motifs is 3. The molecule has 6 rings (SSSR count). The summed E-state index contributed by atoms with van der Waals surface area (Å²) in [6.45, 7) is 0.472. The molecule has 1 aromatic heterocycles. The van der Waals surface area contributed by atoms with Crippen LogP contribution in [0.25, 0.3) is 10.1 Å². The third-order valence-electron chi connectivity index (χ3n) is 7.17. The summed E-state index contributed by atoms with van der Waals surface area (Å²) in [6, 6.07) is 18.5. The van der Waals surface area contributed by atoms with E-state index in [1.807, 2.05) is 30.3 Å². The second-order valence-corrected chi connectivity index (χ2v) is 11.0. The van der Waals surface area contributed by atoms with Crippen LogP contribution in [0.4, 0.5) is 10.5 Å². The number of nitrogens with zero attached hydrogens (tertiary/aromatic N) is 1. The molecule has 3 heterocycles. The van der Waals surface area contributed by atoms with Crippen molar-refractivity contribution in [1.82, 2.24) is 14.6 Å². The summed E-state index contributed by atoms with van der Waals surface area (Å²) in [6.07, 6.45) is 0.0863. The Labute approximate surface area is 231 Å². The molecule has 3 amide bonds. The second-order valence-electron chi connectivity index (χ2n) is 9.67. The zero-order valence-electron chi connectivity index (χ0n) is 20.5. The van der Waals surface area contributed by atoms with Gasteiger partial charge < -0.3 is 15.0 Å². The molecule has 3 aromatic carbocycles. The van der Waals surface area contributed by atoms with Gasteiger partial charge in [0.15, 0.2) is 5.60 Å². The Kier molecular flexibility index (Phi) is 6.36. The highest BCUT2D eigenvalue weighted by atomic mass is 35.5. The molecule has 2 aliphatic heterocycles. The summed E-state index contributed by atoms with van der Waals surface area (Å²) >= 11 is 7.41. The third-order valence-corrected chi connectivity index (χ3v) is 8.25. The molecular weight excluding hydrogens is 540 g/mol. The fourth-order valence-corrected chi connectivity index (χ4v) is 6.19. The van der Waals surface area contributed by atoms with Crippen LogP contribution in [0.15, 0.2) is 71.5 Å². The van der Waals surface area contributed by atoms with Crippen molar-refractivity contribution >= 4 is 56.8 Å². The van der Waals surface area contributed by atoms with E-state index in [0.717, 1.165) is 17.1 Å². The SMILES string of the molecule is O=C1Nc2ccc(Cl)cc2C2(CCN(C(=O)[C@H](Cc3ccccc3)NC(=O)c3ccc4c(=O)[nH]sc4c3)C2)O1. The number of carbonyl (C=O) groups is 3. The normalized spacial score (nSPS) is 18.9. The number of halogens is 1. The van der Waals surface area contributed by atoms with Gasteiger partial charge in [0.1, 0.15) is 6.04 Å². The van der Waals surface area contributed by atoms with E-state index < -0.39 is 23.6 Å². The zero-order chi connectivity index (χ0) is 27.1. The van der Waals surface area contributed by atoms with Gasteiger partial charge in [-0.15, -0.1) is 0 Å². The number of anilines is 1. The van der Waals surface area contributed by atoms with Crippen molar-refractivity contribution in [2.75, 3.05) is 18.4 Å². The Balaban J connectivity index is 1.27. The maximum Gasteiger partial charge on any atom is 0.412 e. The van der Waals surface area contributed by atoms with E-state index in [1.54, 1.807) is 41.3 Å². The van der Waals surface area contributed by atoms with Crippen molar-refractivity contribution < 1.29 is 19.1 Å². The lowest BCUT2D eigenvalue weighted by Gasteiger charge is -2.35. The molecule has 11 heteroatoms. The highest BCUT2D eigenvalue weighted by molar-refractivity contribution is 7.13. The van der Waals surface area contributed by atoms with Gasteiger partial charge in [0.25, 0.3) is 11.5 Å². The van der Waals surface area contributed by atoms with Crippen LogP contribution >= 0.6 is 23.1 Å². The molecule has 1 spiro atoms. The second kappa shape index (κ2) is 9.87. The summed E-state index contributed by atoms with van der Waals surface area (Å²) in [5.41, 5.74) is 1.31. The van der Waals surface area contributed by atoms with Crippen LogP contribution in [-0.4, -0.2) is 46.3 Å².